The Morgan fingerprint density at radius 2 is 1.85 bits per heavy atom. The summed E-state index contributed by atoms with van der Waals surface area (Å²) in [5, 5.41) is 5.76. The predicted octanol–water partition coefficient (Wildman–Crippen LogP) is 4.19. The van der Waals surface area contributed by atoms with Crippen molar-refractivity contribution in [3.05, 3.63) is 71.0 Å². The topological polar surface area (TPSA) is 55.4 Å². The SMILES string of the molecule is Cl.O=c1c2c(N3CC4CC(F)(F)CC4C3)cccc2cnn1CCc1cn2ccccc2n1. The maximum atomic E-state index is 13.8. The Morgan fingerprint density at radius 1 is 1.06 bits per heavy atom. The largest absolute Gasteiger partial charge is 0.370 e. The van der Waals surface area contributed by atoms with E-state index in [1.807, 2.05) is 53.2 Å². The molecule has 172 valence electrons. The van der Waals surface area contributed by atoms with E-state index in [1.165, 1.54) is 4.68 Å². The number of hydrogen-bond acceptors (Lipinski definition) is 4. The molecule has 2 atom stereocenters. The second-order valence-corrected chi connectivity index (χ2v) is 9.05. The van der Waals surface area contributed by atoms with Crippen LogP contribution in [-0.4, -0.2) is 38.2 Å². The number of nitrogens with zero attached hydrogens (tertiary/aromatic N) is 5. The lowest BCUT2D eigenvalue weighted by Gasteiger charge is -2.22. The molecule has 1 aliphatic heterocycles. The predicted molar refractivity (Wildman–Crippen MR) is 126 cm³/mol. The van der Waals surface area contributed by atoms with E-state index in [9.17, 15) is 13.6 Å². The molecule has 3 aromatic heterocycles. The minimum absolute atomic E-state index is 0. The Kier molecular flexibility index (Phi) is 5.35. The van der Waals surface area contributed by atoms with E-state index in [-0.39, 0.29) is 42.6 Å². The number of halogens is 3. The van der Waals surface area contributed by atoms with Crippen LogP contribution in [0.4, 0.5) is 14.5 Å². The molecule has 1 aliphatic carbocycles. The number of fused-ring (bicyclic) bond motifs is 3. The van der Waals surface area contributed by atoms with Crippen molar-refractivity contribution in [1.29, 1.82) is 0 Å². The van der Waals surface area contributed by atoms with Crippen molar-refractivity contribution in [1.82, 2.24) is 19.2 Å². The number of aryl methyl sites for hydroxylation is 2. The van der Waals surface area contributed by atoms with E-state index in [2.05, 4.69) is 15.0 Å². The molecule has 0 bridgehead atoms. The zero-order chi connectivity index (χ0) is 21.9. The van der Waals surface area contributed by atoms with Gasteiger partial charge in [0, 0.05) is 50.1 Å². The minimum atomic E-state index is -2.55. The van der Waals surface area contributed by atoms with E-state index >= 15 is 0 Å². The summed E-state index contributed by atoms with van der Waals surface area (Å²) < 4.78 is 31.0. The molecule has 1 aromatic carbocycles. The average Bonchev–Trinajstić information content (AvgIpc) is 3.43. The van der Waals surface area contributed by atoms with Gasteiger partial charge in [-0.05, 0) is 30.0 Å². The summed E-state index contributed by atoms with van der Waals surface area (Å²) in [5.41, 5.74) is 2.44. The number of alkyl halides is 2. The van der Waals surface area contributed by atoms with Crippen molar-refractivity contribution in [2.24, 2.45) is 11.8 Å². The third-order valence-electron chi connectivity index (χ3n) is 6.89. The fourth-order valence-corrected chi connectivity index (χ4v) is 5.41. The molecule has 2 aliphatic rings. The first-order valence-electron chi connectivity index (χ1n) is 11.0. The van der Waals surface area contributed by atoms with Gasteiger partial charge in [0.2, 0.25) is 5.92 Å². The van der Waals surface area contributed by atoms with Crippen molar-refractivity contribution in [2.75, 3.05) is 18.0 Å². The van der Waals surface area contributed by atoms with Crippen LogP contribution in [0, 0.1) is 11.8 Å². The highest BCUT2D eigenvalue weighted by atomic mass is 35.5. The van der Waals surface area contributed by atoms with Gasteiger partial charge in [-0.25, -0.2) is 18.4 Å². The van der Waals surface area contributed by atoms with Crippen molar-refractivity contribution in [3.63, 3.8) is 0 Å². The number of rotatable bonds is 4. The molecule has 2 unspecified atom stereocenters. The van der Waals surface area contributed by atoms with E-state index in [1.54, 1.807) is 6.20 Å². The lowest BCUT2D eigenvalue weighted by Crippen LogP contribution is -2.28. The Hall–Kier alpha value is -3.00. The smallest absolute Gasteiger partial charge is 0.276 e. The zero-order valence-electron chi connectivity index (χ0n) is 17.9. The van der Waals surface area contributed by atoms with Crippen LogP contribution in [-0.2, 0) is 13.0 Å². The van der Waals surface area contributed by atoms with E-state index in [0.717, 1.165) is 22.4 Å². The third-order valence-corrected chi connectivity index (χ3v) is 6.89. The van der Waals surface area contributed by atoms with Gasteiger partial charge in [-0.2, -0.15) is 5.10 Å². The monoisotopic (exact) mass is 471 g/mol. The van der Waals surface area contributed by atoms with Crippen molar-refractivity contribution >= 4 is 34.5 Å². The van der Waals surface area contributed by atoms with Gasteiger partial charge in [0.1, 0.15) is 5.65 Å². The van der Waals surface area contributed by atoms with Gasteiger partial charge in [-0.3, -0.25) is 4.79 Å². The van der Waals surface area contributed by atoms with Crippen LogP contribution in [0.3, 0.4) is 0 Å². The van der Waals surface area contributed by atoms with E-state index < -0.39 is 5.92 Å². The molecule has 0 radical (unpaired) electrons. The van der Waals surface area contributed by atoms with E-state index in [0.29, 0.717) is 31.4 Å². The van der Waals surface area contributed by atoms with E-state index in [4.69, 9.17) is 0 Å². The lowest BCUT2D eigenvalue weighted by molar-refractivity contribution is 0.00174. The number of hydrogen-bond donors (Lipinski definition) is 0. The summed E-state index contributed by atoms with van der Waals surface area (Å²) in [6.07, 6.45) is 6.11. The number of anilines is 1. The van der Waals surface area contributed by atoms with Crippen LogP contribution in [0.5, 0.6) is 0 Å². The molecule has 33 heavy (non-hydrogen) atoms. The van der Waals surface area contributed by atoms with Gasteiger partial charge < -0.3 is 9.30 Å². The molecule has 1 saturated carbocycles. The molecule has 0 spiro atoms. The van der Waals surface area contributed by atoms with Crippen LogP contribution in [0.1, 0.15) is 18.5 Å². The van der Waals surface area contributed by atoms with Gasteiger partial charge in [0.25, 0.3) is 5.56 Å². The number of aromatic nitrogens is 4. The van der Waals surface area contributed by atoms with Crippen molar-refractivity contribution in [2.45, 2.75) is 31.7 Å². The first kappa shape index (κ1) is 21.8. The van der Waals surface area contributed by atoms with Gasteiger partial charge in [0.05, 0.1) is 29.5 Å². The van der Waals surface area contributed by atoms with Crippen LogP contribution < -0.4 is 10.5 Å². The molecule has 1 saturated heterocycles. The molecule has 4 heterocycles. The van der Waals surface area contributed by atoms with Gasteiger partial charge in [0.15, 0.2) is 0 Å². The highest BCUT2D eigenvalue weighted by molar-refractivity contribution is 5.93. The Morgan fingerprint density at radius 3 is 2.61 bits per heavy atom. The molecule has 0 N–H and O–H groups in total. The fourth-order valence-electron chi connectivity index (χ4n) is 5.41. The molecule has 2 fully saturated rings. The normalized spacial score (nSPS) is 21.5. The summed E-state index contributed by atoms with van der Waals surface area (Å²) in [4.78, 5) is 20.1. The Labute approximate surface area is 195 Å². The minimum Gasteiger partial charge on any atom is -0.370 e. The van der Waals surface area contributed by atoms with Crippen LogP contribution in [0.15, 0.2) is 59.8 Å². The summed E-state index contributed by atoms with van der Waals surface area (Å²) in [6, 6.07) is 11.5. The fraction of sp³-hybridized carbons (Fsp3) is 0.375. The van der Waals surface area contributed by atoms with Gasteiger partial charge in [-0.15, -0.1) is 12.4 Å². The molecular weight excluding hydrogens is 448 g/mol. The second kappa shape index (κ2) is 8.09. The van der Waals surface area contributed by atoms with Crippen molar-refractivity contribution in [3.8, 4) is 0 Å². The lowest BCUT2D eigenvalue weighted by atomic mass is 10.0. The van der Waals surface area contributed by atoms with Crippen LogP contribution >= 0.6 is 12.4 Å². The standard InChI is InChI=1S/C24H23F2N5O.ClH/c25-24(26)10-17-13-30(14-18(17)11-24)20-5-3-4-16-12-27-31(23(32)22(16)20)9-7-19-15-29-8-2-1-6-21(29)28-19;/h1-6,8,12,15,17-18H,7,9-11,13-14H2;1H. The van der Waals surface area contributed by atoms with Crippen molar-refractivity contribution < 1.29 is 8.78 Å². The zero-order valence-corrected chi connectivity index (χ0v) is 18.7. The number of benzene rings is 1. The van der Waals surface area contributed by atoms with Gasteiger partial charge in [-0.1, -0.05) is 18.2 Å². The third kappa shape index (κ3) is 3.86. The molecule has 4 aromatic rings. The molecule has 6 nitrogen and oxygen atoms in total. The van der Waals surface area contributed by atoms with Crippen LogP contribution in [0.25, 0.3) is 16.4 Å². The second-order valence-electron chi connectivity index (χ2n) is 9.05. The number of imidazole rings is 1. The summed E-state index contributed by atoms with van der Waals surface area (Å²) in [6.45, 7) is 1.56. The Balaban J connectivity index is 0.00000228. The summed E-state index contributed by atoms with van der Waals surface area (Å²) in [5.74, 6) is -2.58. The maximum Gasteiger partial charge on any atom is 0.276 e. The quantitative estimate of drug-likeness (QED) is 0.448. The summed E-state index contributed by atoms with van der Waals surface area (Å²) >= 11 is 0. The maximum absolute atomic E-state index is 13.8. The molecular formula is C24H24ClF2N5O. The number of pyridine rings is 1. The first-order chi connectivity index (χ1) is 15.5. The van der Waals surface area contributed by atoms with Crippen LogP contribution in [0.2, 0.25) is 0 Å². The highest BCUT2D eigenvalue weighted by Gasteiger charge is 2.50. The molecule has 9 heteroatoms. The highest BCUT2D eigenvalue weighted by Crippen LogP contribution is 2.48. The molecule has 0 amide bonds. The van der Waals surface area contributed by atoms with Gasteiger partial charge >= 0.3 is 0 Å². The molecule has 6 rings (SSSR count). The summed E-state index contributed by atoms with van der Waals surface area (Å²) in [7, 11) is 0. The first-order valence-corrected chi connectivity index (χ1v) is 11.0. The Bertz CT molecular complexity index is 1340. The average molecular weight is 472 g/mol.